The van der Waals surface area contributed by atoms with Gasteiger partial charge in [0.15, 0.2) is 0 Å². The second kappa shape index (κ2) is 5.33. The number of nitrogens with one attached hydrogen (secondary N) is 1. The second-order valence-corrected chi connectivity index (χ2v) is 4.47. The van der Waals surface area contributed by atoms with E-state index < -0.39 is 0 Å². The Hall–Kier alpha value is -0.800. The van der Waals surface area contributed by atoms with Crippen LogP contribution >= 0.6 is 0 Å². The van der Waals surface area contributed by atoms with Gasteiger partial charge in [-0.05, 0) is 31.4 Å². The van der Waals surface area contributed by atoms with Crippen molar-refractivity contribution in [3.05, 3.63) is 24.2 Å². The predicted molar refractivity (Wildman–Crippen MR) is 60.3 cm³/mol. The highest BCUT2D eigenvalue weighted by molar-refractivity contribution is 5.04. The molecule has 1 aromatic rings. The van der Waals surface area contributed by atoms with E-state index in [-0.39, 0.29) is 0 Å². The van der Waals surface area contributed by atoms with Crippen molar-refractivity contribution in [2.45, 2.75) is 38.3 Å². The lowest BCUT2D eigenvalue weighted by molar-refractivity contribution is 0.296. The van der Waals surface area contributed by atoms with Crippen molar-refractivity contribution in [1.29, 1.82) is 0 Å². The minimum atomic E-state index is 0.399. The van der Waals surface area contributed by atoms with Gasteiger partial charge in [0, 0.05) is 18.2 Å². The molecular formula is C12H20N2O. The molecule has 0 aromatic carbocycles. The monoisotopic (exact) mass is 208 g/mol. The minimum Gasteiger partial charge on any atom is -0.472 e. The van der Waals surface area contributed by atoms with Crippen molar-refractivity contribution in [3.8, 4) is 0 Å². The van der Waals surface area contributed by atoms with E-state index in [9.17, 15) is 0 Å². The summed E-state index contributed by atoms with van der Waals surface area (Å²) in [6.07, 6.45) is 8.61. The molecule has 0 aliphatic heterocycles. The molecular weight excluding hydrogens is 188 g/mol. The van der Waals surface area contributed by atoms with Gasteiger partial charge >= 0.3 is 0 Å². The quantitative estimate of drug-likeness (QED) is 0.794. The van der Waals surface area contributed by atoms with Gasteiger partial charge in [-0.3, -0.25) is 0 Å². The number of rotatable bonds is 4. The van der Waals surface area contributed by atoms with E-state index in [0.717, 1.165) is 13.1 Å². The average molecular weight is 208 g/mol. The highest BCUT2D eigenvalue weighted by Crippen LogP contribution is 2.22. The SMILES string of the molecule is NC1CCCCC1CNCc1ccoc1. The van der Waals surface area contributed by atoms with E-state index in [1.54, 1.807) is 12.5 Å². The molecule has 1 aliphatic rings. The van der Waals surface area contributed by atoms with Gasteiger partial charge in [-0.25, -0.2) is 0 Å². The lowest BCUT2D eigenvalue weighted by Gasteiger charge is -2.28. The van der Waals surface area contributed by atoms with Crippen LogP contribution in [-0.2, 0) is 6.54 Å². The summed E-state index contributed by atoms with van der Waals surface area (Å²) in [7, 11) is 0. The van der Waals surface area contributed by atoms with E-state index in [1.807, 2.05) is 6.07 Å². The molecule has 1 fully saturated rings. The maximum Gasteiger partial charge on any atom is 0.0947 e. The Morgan fingerprint density at radius 1 is 1.40 bits per heavy atom. The highest BCUT2D eigenvalue weighted by atomic mass is 16.3. The van der Waals surface area contributed by atoms with E-state index in [4.69, 9.17) is 10.2 Å². The lowest BCUT2D eigenvalue weighted by Crippen LogP contribution is -2.39. The lowest BCUT2D eigenvalue weighted by atomic mass is 9.85. The van der Waals surface area contributed by atoms with Crippen LogP contribution in [0.25, 0.3) is 0 Å². The van der Waals surface area contributed by atoms with Gasteiger partial charge in [0.05, 0.1) is 12.5 Å². The average Bonchev–Trinajstić information content (AvgIpc) is 2.74. The van der Waals surface area contributed by atoms with E-state index in [0.29, 0.717) is 12.0 Å². The summed E-state index contributed by atoms with van der Waals surface area (Å²) < 4.78 is 5.01. The highest BCUT2D eigenvalue weighted by Gasteiger charge is 2.20. The van der Waals surface area contributed by atoms with E-state index in [1.165, 1.54) is 31.2 Å². The smallest absolute Gasteiger partial charge is 0.0947 e. The Bertz CT molecular complexity index is 271. The Balaban J connectivity index is 1.68. The van der Waals surface area contributed by atoms with Crippen LogP contribution in [0, 0.1) is 5.92 Å². The molecule has 0 saturated heterocycles. The molecule has 1 heterocycles. The first kappa shape index (κ1) is 10.7. The Labute approximate surface area is 91.0 Å². The number of nitrogens with two attached hydrogens (primary N) is 1. The molecule has 0 amide bonds. The minimum absolute atomic E-state index is 0.399. The third-order valence-corrected chi connectivity index (χ3v) is 3.28. The molecule has 3 nitrogen and oxygen atoms in total. The van der Waals surface area contributed by atoms with Crippen LogP contribution in [0.15, 0.2) is 23.0 Å². The molecule has 84 valence electrons. The van der Waals surface area contributed by atoms with Crippen LogP contribution in [0.2, 0.25) is 0 Å². The largest absolute Gasteiger partial charge is 0.472 e. The van der Waals surface area contributed by atoms with Gasteiger partial charge in [0.2, 0.25) is 0 Å². The summed E-state index contributed by atoms with van der Waals surface area (Å²) in [5.74, 6) is 0.658. The van der Waals surface area contributed by atoms with Crippen LogP contribution in [0.1, 0.15) is 31.2 Å². The molecule has 2 unspecified atom stereocenters. The summed E-state index contributed by atoms with van der Waals surface area (Å²) in [5, 5.41) is 3.45. The van der Waals surface area contributed by atoms with Gasteiger partial charge < -0.3 is 15.5 Å². The summed E-state index contributed by atoms with van der Waals surface area (Å²) in [5.41, 5.74) is 7.29. The zero-order chi connectivity index (χ0) is 10.5. The first-order valence-corrected chi connectivity index (χ1v) is 5.83. The molecule has 1 saturated carbocycles. The van der Waals surface area contributed by atoms with E-state index in [2.05, 4.69) is 5.32 Å². The normalized spacial score (nSPS) is 26.7. The van der Waals surface area contributed by atoms with Crippen LogP contribution in [0.3, 0.4) is 0 Å². The molecule has 3 heteroatoms. The maximum atomic E-state index is 6.08. The molecule has 0 spiro atoms. The summed E-state index contributed by atoms with van der Waals surface area (Å²) in [4.78, 5) is 0. The van der Waals surface area contributed by atoms with Crippen molar-refractivity contribution in [2.75, 3.05) is 6.54 Å². The zero-order valence-electron chi connectivity index (χ0n) is 9.11. The second-order valence-electron chi connectivity index (χ2n) is 4.47. The summed E-state index contributed by atoms with van der Waals surface area (Å²) in [6, 6.07) is 2.39. The molecule has 3 N–H and O–H groups in total. The van der Waals surface area contributed by atoms with E-state index >= 15 is 0 Å². The van der Waals surface area contributed by atoms with Gasteiger partial charge in [0.1, 0.15) is 0 Å². The Morgan fingerprint density at radius 3 is 3.00 bits per heavy atom. The van der Waals surface area contributed by atoms with Crippen molar-refractivity contribution in [3.63, 3.8) is 0 Å². The van der Waals surface area contributed by atoms with Crippen LogP contribution < -0.4 is 11.1 Å². The molecule has 0 radical (unpaired) electrons. The Kier molecular flexibility index (Phi) is 3.80. The van der Waals surface area contributed by atoms with Crippen molar-refractivity contribution in [1.82, 2.24) is 5.32 Å². The van der Waals surface area contributed by atoms with Crippen molar-refractivity contribution >= 4 is 0 Å². The number of furan rings is 1. The topological polar surface area (TPSA) is 51.2 Å². The van der Waals surface area contributed by atoms with Crippen molar-refractivity contribution < 1.29 is 4.42 Å². The van der Waals surface area contributed by atoms with Gasteiger partial charge in [-0.2, -0.15) is 0 Å². The van der Waals surface area contributed by atoms with Crippen LogP contribution in [0.4, 0.5) is 0 Å². The third kappa shape index (κ3) is 3.08. The molecule has 0 bridgehead atoms. The zero-order valence-corrected chi connectivity index (χ0v) is 9.11. The first-order valence-electron chi connectivity index (χ1n) is 5.83. The molecule has 1 aliphatic carbocycles. The van der Waals surface area contributed by atoms with Crippen LogP contribution in [0.5, 0.6) is 0 Å². The predicted octanol–water partition coefficient (Wildman–Crippen LogP) is 1.89. The third-order valence-electron chi connectivity index (χ3n) is 3.28. The van der Waals surface area contributed by atoms with Gasteiger partial charge in [0.25, 0.3) is 0 Å². The van der Waals surface area contributed by atoms with Crippen LogP contribution in [-0.4, -0.2) is 12.6 Å². The standard InChI is InChI=1S/C12H20N2O/c13-12-4-2-1-3-11(12)8-14-7-10-5-6-15-9-10/h5-6,9,11-12,14H,1-4,7-8,13H2. The van der Waals surface area contributed by atoms with Crippen molar-refractivity contribution in [2.24, 2.45) is 11.7 Å². The maximum absolute atomic E-state index is 6.08. The van der Waals surface area contributed by atoms with Gasteiger partial charge in [-0.15, -0.1) is 0 Å². The fourth-order valence-corrected chi connectivity index (χ4v) is 2.28. The molecule has 2 atom stereocenters. The number of hydrogen-bond acceptors (Lipinski definition) is 3. The first-order chi connectivity index (χ1) is 7.36. The summed E-state index contributed by atoms with van der Waals surface area (Å²) in [6.45, 7) is 1.92. The Morgan fingerprint density at radius 2 is 2.27 bits per heavy atom. The van der Waals surface area contributed by atoms with Gasteiger partial charge in [-0.1, -0.05) is 12.8 Å². The summed E-state index contributed by atoms with van der Waals surface area (Å²) >= 11 is 0. The number of hydrogen-bond donors (Lipinski definition) is 2. The fraction of sp³-hybridized carbons (Fsp3) is 0.667. The molecule has 1 aromatic heterocycles. The molecule has 15 heavy (non-hydrogen) atoms. The molecule has 2 rings (SSSR count). The fourth-order valence-electron chi connectivity index (χ4n) is 2.28.